The highest BCUT2D eigenvalue weighted by Crippen LogP contribution is 2.66. The van der Waals surface area contributed by atoms with Crippen LogP contribution in [0.5, 0.6) is 0 Å². The second kappa shape index (κ2) is 13.6. The van der Waals surface area contributed by atoms with Crippen LogP contribution in [0.25, 0.3) is 11.2 Å². The molecule has 6 N–H and O–H groups in total. The van der Waals surface area contributed by atoms with Gasteiger partial charge >= 0.3 is 29.4 Å². The Morgan fingerprint density at radius 2 is 1.86 bits per heavy atom. The molecule has 2 aromatic heterocycles. The number of anilines is 1. The Morgan fingerprint density at radius 3 is 2.56 bits per heavy atom. The van der Waals surface area contributed by atoms with E-state index in [9.17, 15) is 28.3 Å². The number of imidazole rings is 1. The molecule has 3 aromatic rings. The van der Waals surface area contributed by atoms with Gasteiger partial charge in [0.1, 0.15) is 30.3 Å². The molecule has 0 saturated carbocycles. The van der Waals surface area contributed by atoms with Gasteiger partial charge in [-0.25, -0.2) is 33.4 Å². The van der Waals surface area contributed by atoms with Gasteiger partial charge in [-0.2, -0.15) is 8.62 Å². The van der Waals surface area contributed by atoms with E-state index in [-0.39, 0.29) is 34.2 Å². The Kier molecular flexibility index (Phi) is 10.8. The lowest BCUT2D eigenvalue weighted by Crippen LogP contribution is -2.31. The fraction of sp³-hybridized carbons (Fsp3) is 0.400. The summed E-state index contributed by atoms with van der Waals surface area (Å²) >= 11 is 0. The molecule has 23 heteroatoms. The van der Waals surface area contributed by atoms with Gasteiger partial charge < -0.3 is 34.8 Å². The van der Waals surface area contributed by atoms with Crippen molar-refractivity contribution < 1.29 is 60.7 Å². The minimum absolute atomic E-state index is 0.0250. The molecule has 3 heterocycles. The predicted molar refractivity (Wildman–Crippen MR) is 153 cm³/mol. The van der Waals surface area contributed by atoms with E-state index in [0.29, 0.717) is 5.56 Å². The van der Waals surface area contributed by atoms with Crippen molar-refractivity contribution in [2.75, 3.05) is 18.6 Å². The van der Waals surface area contributed by atoms with Crippen molar-refractivity contribution in [3.63, 3.8) is 0 Å². The average molecular weight is 702 g/mol. The smallest absolute Gasteiger partial charge is 0.456 e. The number of esters is 1. The first-order chi connectivity index (χ1) is 20.1. The molecule has 18 nitrogen and oxygen atoms in total. The van der Waals surface area contributed by atoms with E-state index in [1.54, 1.807) is 24.3 Å². The topological polar surface area (TPSA) is 265 Å². The first-order valence-electron chi connectivity index (χ1n) is 12.0. The van der Waals surface area contributed by atoms with Crippen LogP contribution in [0.1, 0.15) is 40.7 Å². The lowest BCUT2D eigenvalue weighted by molar-refractivity contribution is -0.0490. The number of hydrogen-bond acceptors (Lipinski definition) is 15. The molecule has 1 aliphatic rings. The number of hydrogen-bond donors (Lipinski definition) is 5. The normalized spacial score (nSPS) is 22.6. The third kappa shape index (κ3) is 8.85. The van der Waals surface area contributed by atoms with Gasteiger partial charge in [0.15, 0.2) is 11.5 Å². The monoisotopic (exact) mass is 701 g/mol. The first-order valence-corrected chi connectivity index (χ1v) is 19.1. The van der Waals surface area contributed by atoms with Crippen LogP contribution in [0.3, 0.4) is 0 Å². The maximum absolute atomic E-state index is 13.4. The van der Waals surface area contributed by atoms with Crippen molar-refractivity contribution in [1.29, 1.82) is 0 Å². The maximum Gasteiger partial charge on any atom is 0.490 e. The summed E-state index contributed by atoms with van der Waals surface area (Å²) in [6.45, 7) is 1.08. The molecule has 236 valence electrons. The maximum atomic E-state index is 13.4. The van der Waals surface area contributed by atoms with Crippen LogP contribution in [-0.4, -0.2) is 70.1 Å². The summed E-state index contributed by atoms with van der Waals surface area (Å²) in [4.78, 5) is 62.4. The molecule has 0 radical (unpaired) electrons. The molecule has 0 spiro atoms. The van der Waals surface area contributed by atoms with Crippen LogP contribution >= 0.6 is 45.1 Å². The number of phosphoric acid groups is 3. The van der Waals surface area contributed by atoms with Crippen LogP contribution in [0.2, 0.25) is 0 Å². The van der Waals surface area contributed by atoms with Crippen LogP contribution in [0.15, 0.2) is 36.9 Å². The molecule has 0 bridgehead atoms. The number of rotatable bonds is 13. The highest BCUT2D eigenvalue weighted by molar-refractivity contribution is 8.76. The summed E-state index contributed by atoms with van der Waals surface area (Å²) in [5, 5.41) is -0.0742. The zero-order chi connectivity index (χ0) is 31.6. The number of carbonyl (C=O) groups excluding carboxylic acids is 1. The zero-order valence-corrected chi connectivity index (χ0v) is 26.5. The molecular weight excluding hydrogens is 675 g/mol. The molecule has 0 aliphatic carbocycles. The molecule has 43 heavy (non-hydrogen) atoms. The number of benzene rings is 1. The number of fused-ring (bicyclic) bond motifs is 1. The second-order valence-electron chi connectivity index (χ2n) is 8.77. The first kappa shape index (κ1) is 34.0. The Morgan fingerprint density at radius 1 is 1.14 bits per heavy atom. The van der Waals surface area contributed by atoms with Crippen LogP contribution < -0.4 is 5.73 Å². The SMILES string of the molecule is CSSC(C)c1ccccc1C(=O)OC1C[C@H](n2cnc3c(N)ncnc32)O[C@@H]1COP(=O)(O)OP(=O)(O)OP(=O)(O)O. The second-order valence-corrected chi connectivity index (χ2v) is 16.0. The molecule has 0 amide bonds. The summed E-state index contributed by atoms with van der Waals surface area (Å²) in [5.74, 6) is -0.619. The Bertz CT molecular complexity index is 1620. The third-order valence-electron chi connectivity index (χ3n) is 5.81. The minimum Gasteiger partial charge on any atom is -0.456 e. The Hall–Kier alpha value is -1.89. The highest BCUT2D eigenvalue weighted by Gasteiger charge is 2.44. The Labute approximate surface area is 251 Å². The average Bonchev–Trinajstić information content (AvgIpc) is 3.50. The van der Waals surface area contributed by atoms with E-state index in [0.717, 1.165) is 0 Å². The lowest BCUT2D eigenvalue weighted by atomic mass is 10.0. The standard InChI is InChI=1S/C20H26N5O13P3S2/c1-11(43-42-2)12-5-3-4-6-13(12)20(26)36-14-7-16(25-10-24-17-18(21)22-9-23-19(17)25)35-15(14)8-34-40(30,31)38-41(32,33)37-39(27,28)29/h3-6,9-11,14-16H,7-8H2,1-2H3,(H,30,31)(H,32,33)(H2,21,22,23)(H2,27,28,29)/t11?,14?,15-,16-/m1/s1. The molecule has 1 fully saturated rings. The van der Waals surface area contributed by atoms with Gasteiger partial charge in [-0.05, 0) is 24.8 Å². The van der Waals surface area contributed by atoms with Gasteiger partial charge in [0, 0.05) is 11.7 Å². The van der Waals surface area contributed by atoms with Gasteiger partial charge in [-0.3, -0.25) is 9.09 Å². The number of nitrogens with two attached hydrogens (primary N) is 1. The van der Waals surface area contributed by atoms with Crippen LogP contribution in [0.4, 0.5) is 5.82 Å². The number of aromatic nitrogens is 4. The summed E-state index contributed by atoms with van der Waals surface area (Å²) < 4.78 is 60.5. The fourth-order valence-corrected chi connectivity index (χ4v) is 8.94. The minimum atomic E-state index is -5.75. The van der Waals surface area contributed by atoms with Gasteiger partial charge in [-0.1, -0.05) is 39.8 Å². The lowest BCUT2D eigenvalue weighted by Gasteiger charge is -2.22. The third-order valence-corrected chi connectivity index (χ3v) is 11.8. The molecule has 1 saturated heterocycles. The fourth-order valence-electron chi connectivity index (χ4n) is 4.13. The Balaban J connectivity index is 1.57. The molecule has 1 aromatic carbocycles. The van der Waals surface area contributed by atoms with Crippen molar-refractivity contribution in [2.24, 2.45) is 0 Å². The van der Waals surface area contributed by atoms with Crippen molar-refractivity contribution in [3.05, 3.63) is 48.0 Å². The van der Waals surface area contributed by atoms with E-state index < -0.39 is 54.5 Å². The summed E-state index contributed by atoms with van der Waals surface area (Å²) in [6, 6.07) is 6.82. The van der Waals surface area contributed by atoms with Gasteiger partial charge in [-0.15, -0.1) is 0 Å². The van der Waals surface area contributed by atoms with E-state index >= 15 is 0 Å². The van der Waals surface area contributed by atoms with Gasteiger partial charge in [0.2, 0.25) is 0 Å². The van der Waals surface area contributed by atoms with E-state index in [4.69, 9.17) is 29.5 Å². The quantitative estimate of drug-likeness (QED) is 0.0971. The number of nitrogens with zero attached hydrogens (tertiary/aromatic N) is 4. The van der Waals surface area contributed by atoms with Gasteiger partial charge in [0.05, 0.1) is 18.5 Å². The molecule has 6 atom stereocenters. The number of phosphoric ester groups is 1. The summed E-state index contributed by atoms with van der Waals surface area (Å²) in [7, 11) is -13.8. The predicted octanol–water partition coefficient (Wildman–Crippen LogP) is 3.34. The van der Waals surface area contributed by atoms with E-state index in [1.807, 2.05) is 13.2 Å². The van der Waals surface area contributed by atoms with Crippen LogP contribution in [-0.2, 0) is 36.3 Å². The molecule has 4 unspecified atom stereocenters. The van der Waals surface area contributed by atoms with Crippen LogP contribution in [0, 0.1) is 0 Å². The number of carbonyl (C=O) groups is 1. The number of ether oxygens (including phenoxy) is 2. The van der Waals surface area contributed by atoms with E-state index in [2.05, 4.69) is 23.6 Å². The summed E-state index contributed by atoms with van der Waals surface area (Å²) in [5.41, 5.74) is 7.40. The van der Waals surface area contributed by atoms with Gasteiger partial charge in [0.25, 0.3) is 0 Å². The molecular formula is C20H26N5O13P3S2. The number of nitrogen functional groups attached to an aromatic ring is 1. The highest BCUT2D eigenvalue weighted by atomic mass is 33.1. The largest absolute Gasteiger partial charge is 0.490 e. The van der Waals surface area contributed by atoms with Crippen molar-refractivity contribution >= 4 is 68.0 Å². The molecule has 1 aliphatic heterocycles. The van der Waals surface area contributed by atoms with E-state index in [1.165, 1.54) is 38.8 Å². The van der Waals surface area contributed by atoms with Crippen molar-refractivity contribution in [1.82, 2.24) is 19.5 Å². The summed E-state index contributed by atoms with van der Waals surface area (Å²) in [6.07, 6.45) is 1.16. The molecule has 4 rings (SSSR count). The zero-order valence-electron chi connectivity index (χ0n) is 22.2. The van der Waals surface area contributed by atoms with Crippen molar-refractivity contribution in [3.8, 4) is 0 Å². The van der Waals surface area contributed by atoms with Crippen molar-refractivity contribution in [2.45, 2.75) is 37.0 Å².